The minimum atomic E-state index is -0.0773. The van der Waals surface area contributed by atoms with E-state index >= 15 is 0 Å². The molecule has 4 heteroatoms. The molecule has 1 heterocycles. The zero-order valence-corrected chi connectivity index (χ0v) is 13.8. The summed E-state index contributed by atoms with van der Waals surface area (Å²) in [7, 11) is 0. The third kappa shape index (κ3) is 2.20. The average Bonchev–Trinajstić information content (AvgIpc) is 3.31. The van der Waals surface area contributed by atoms with E-state index in [0.717, 1.165) is 25.0 Å². The number of amides is 2. The van der Waals surface area contributed by atoms with Crippen molar-refractivity contribution in [3.63, 3.8) is 0 Å². The molecule has 3 aliphatic rings. The summed E-state index contributed by atoms with van der Waals surface area (Å²) in [6.07, 6.45) is 3.26. The standard InChI is InChI=1S/C21H19NO3/c23-20-18-13-6-7-14(12-13)19(18)21(24)22(20)15-8-10-17(11-9-15)25-16-4-2-1-3-5-16/h1-5,8-11,13-14,18-19H,6-7,12H2/t13-,14-,18-,19+/m0/s1. The molecule has 1 saturated heterocycles. The normalized spacial score (nSPS) is 30.0. The van der Waals surface area contributed by atoms with E-state index in [1.54, 1.807) is 12.1 Å². The lowest BCUT2D eigenvalue weighted by molar-refractivity contribution is -0.123. The topological polar surface area (TPSA) is 46.6 Å². The van der Waals surface area contributed by atoms with Gasteiger partial charge < -0.3 is 4.74 Å². The van der Waals surface area contributed by atoms with E-state index in [2.05, 4.69) is 0 Å². The van der Waals surface area contributed by atoms with E-state index in [-0.39, 0.29) is 23.7 Å². The molecule has 4 atom stereocenters. The Balaban J connectivity index is 1.39. The Bertz CT molecular complexity index is 802. The highest BCUT2D eigenvalue weighted by Crippen LogP contribution is 2.56. The maximum atomic E-state index is 12.8. The minimum Gasteiger partial charge on any atom is -0.457 e. The van der Waals surface area contributed by atoms with Gasteiger partial charge in [0.15, 0.2) is 0 Å². The van der Waals surface area contributed by atoms with Crippen LogP contribution in [-0.2, 0) is 9.59 Å². The van der Waals surface area contributed by atoms with Crippen LogP contribution >= 0.6 is 0 Å². The summed E-state index contributed by atoms with van der Waals surface area (Å²) in [5.74, 6) is 2.12. The van der Waals surface area contributed by atoms with Gasteiger partial charge in [0.1, 0.15) is 11.5 Å². The van der Waals surface area contributed by atoms with Crippen LogP contribution in [-0.4, -0.2) is 11.8 Å². The average molecular weight is 333 g/mol. The summed E-state index contributed by atoms with van der Waals surface area (Å²) in [4.78, 5) is 27.1. The minimum absolute atomic E-state index is 0.000993. The molecule has 2 amide bonds. The number of hydrogen-bond acceptors (Lipinski definition) is 3. The second-order valence-corrected chi connectivity index (χ2v) is 7.31. The van der Waals surface area contributed by atoms with Gasteiger partial charge in [-0.3, -0.25) is 14.5 Å². The van der Waals surface area contributed by atoms with Crippen LogP contribution in [0.5, 0.6) is 11.5 Å². The molecule has 4 nitrogen and oxygen atoms in total. The molecule has 2 aromatic rings. The Kier molecular flexibility index (Phi) is 3.20. The number of rotatable bonds is 3. The fourth-order valence-electron chi connectivity index (χ4n) is 4.95. The first-order valence-electron chi connectivity index (χ1n) is 8.93. The summed E-state index contributed by atoms with van der Waals surface area (Å²) in [6, 6.07) is 16.8. The lowest BCUT2D eigenvalue weighted by Crippen LogP contribution is -2.32. The van der Waals surface area contributed by atoms with Crippen LogP contribution in [0, 0.1) is 23.7 Å². The molecule has 2 aromatic carbocycles. The second kappa shape index (κ2) is 5.45. The number of carbonyl (C=O) groups is 2. The van der Waals surface area contributed by atoms with Crippen molar-refractivity contribution < 1.29 is 14.3 Å². The van der Waals surface area contributed by atoms with Gasteiger partial charge in [0.05, 0.1) is 17.5 Å². The highest BCUT2D eigenvalue weighted by Gasteiger charge is 2.61. The van der Waals surface area contributed by atoms with Crippen molar-refractivity contribution in [3.8, 4) is 11.5 Å². The van der Waals surface area contributed by atoms with E-state index in [1.807, 2.05) is 42.5 Å². The van der Waals surface area contributed by atoms with Crippen molar-refractivity contribution in [1.82, 2.24) is 0 Å². The third-order valence-electron chi connectivity index (χ3n) is 6.00. The monoisotopic (exact) mass is 333 g/mol. The predicted octanol–water partition coefficient (Wildman–Crippen LogP) is 4.01. The SMILES string of the molecule is O=C1[C@@H]2[C@H]3CC[C@@H](C3)[C@@H]2C(=O)N1c1ccc(Oc2ccccc2)cc1. The van der Waals surface area contributed by atoms with Crippen LogP contribution < -0.4 is 9.64 Å². The zero-order valence-electron chi connectivity index (χ0n) is 13.8. The lowest BCUT2D eigenvalue weighted by atomic mass is 9.81. The maximum Gasteiger partial charge on any atom is 0.237 e. The third-order valence-corrected chi connectivity index (χ3v) is 6.00. The molecule has 2 bridgehead atoms. The van der Waals surface area contributed by atoms with Crippen molar-refractivity contribution in [2.24, 2.45) is 23.7 Å². The Morgan fingerprint density at radius 3 is 1.92 bits per heavy atom. The molecule has 2 aliphatic carbocycles. The second-order valence-electron chi connectivity index (χ2n) is 7.31. The highest BCUT2D eigenvalue weighted by atomic mass is 16.5. The smallest absolute Gasteiger partial charge is 0.237 e. The Morgan fingerprint density at radius 2 is 1.32 bits per heavy atom. The number of para-hydroxylation sites is 1. The van der Waals surface area contributed by atoms with Crippen LogP contribution in [0.15, 0.2) is 54.6 Å². The van der Waals surface area contributed by atoms with E-state index in [4.69, 9.17) is 4.74 Å². The van der Waals surface area contributed by atoms with Crippen LogP contribution in [0.2, 0.25) is 0 Å². The predicted molar refractivity (Wildman–Crippen MR) is 93.3 cm³/mol. The maximum absolute atomic E-state index is 12.8. The quantitative estimate of drug-likeness (QED) is 0.797. The number of imide groups is 1. The Hall–Kier alpha value is -2.62. The molecular formula is C21H19NO3. The molecular weight excluding hydrogens is 314 g/mol. The first-order valence-corrected chi connectivity index (χ1v) is 8.93. The molecule has 3 fully saturated rings. The van der Waals surface area contributed by atoms with Gasteiger partial charge in [0.2, 0.25) is 11.8 Å². The first kappa shape index (κ1) is 14.7. The number of ether oxygens (including phenoxy) is 1. The van der Waals surface area contributed by atoms with Gasteiger partial charge in [-0.15, -0.1) is 0 Å². The number of nitrogens with zero attached hydrogens (tertiary/aromatic N) is 1. The molecule has 5 rings (SSSR count). The first-order chi connectivity index (χ1) is 12.2. The molecule has 126 valence electrons. The van der Waals surface area contributed by atoms with Crippen LogP contribution in [0.4, 0.5) is 5.69 Å². The lowest BCUT2D eigenvalue weighted by Gasteiger charge is -2.19. The number of anilines is 1. The van der Waals surface area contributed by atoms with Crippen molar-refractivity contribution in [3.05, 3.63) is 54.6 Å². The molecule has 0 spiro atoms. The number of hydrogen-bond donors (Lipinski definition) is 0. The van der Waals surface area contributed by atoms with Gasteiger partial charge in [0, 0.05) is 0 Å². The fourth-order valence-corrected chi connectivity index (χ4v) is 4.95. The van der Waals surface area contributed by atoms with Crippen molar-refractivity contribution >= 4 is 17.5 Å². The summed E-state index contributed by atoms with van der Waals surface area (Å²) in [5, 5.41) is 0. The number of fused-ring (bicyclic) bond motifs is 5. The van der Waals surface area contributed by atoms with E-state index < -0.39 is 0 Å². The summed E-state index contributed by atoms with van der Waals surface area (Å²) in [6.45, 7) is 0. The molecule has 0 N–H and O–H groups in total. The van der Waals surface area contributed by atoms with Gasteiger partial charge >= 0.3 is 0 Å². The number of carbonyl (C=O) groups excluding carboxylic acids is 2. The highest BCUT2D eigenvalue weighted by molar-refractivity contribution is 6.22. The molecule has 0 radical (unpaired) electrons. The Labute approximate surface area is 146 Å². The van der Waals surface area contributed by atoms with Gasteiger partial charge in [-0.1, -0.05) is 18.2 Å². The number of benzene rings is 2. The van der Waals surface area contributed by atoms with Gasteiger partial charge in [-0.25, -0.2) is 0 Å². The molecule has 2 saturated carbocycles. The van der Waals surface area contributed by atoms with E-state index in [9.17, 15) is 9.59 Å². The molecule has 0 unspecified atom stereocenters. The van der Waals surface area contributed by atoms with Gasteiger partial charge in [0.25, 0.3) is 0 Å². The molecule has 0 aromatic heterocycles. The van der Waals surface area contributed by atoms with Crippen molar-refractivity contribution in [1.29, 1.82) is 0 Å². The zero-order chi connectivity index (χ0) is 17.0. The van der Waals surface area contributed by atoms with E-state index in [1.165, 1.54) is 4.90 Å². The fraction of sp³-hybridized carbons (Fsp3) is 0.333. The van der Waals surface area contributed by atoms with Crippen LogP contribution in [0.25, 0.3) is 0 Å². The van der Waals surface area contributed by atoms with E-state index in [0.29, 0.717) is 23.3 Å². The Morgan fingerprint density at radius 1 is 0.760 bits per heavy atom. The largest absolute Gasteiger partial charge is 0.457 e. The summed E-state index contributed by atoms with van der Waals surface area (Å²) < 4.78 is 5.78. The molecule has 25 heavy (non-hydrogen) atoms. The summed E-state index contributed by atoms with van der Waals surface area (Å²) >= 11 is 0. The molecule has 1 aliphatic heterocycles. The van der Waals surface area contributed by atoms with Gasteiger partial charge in [-0.2, -0.15) is 0 Å². The van der Waals surface area contributed by atoms with Crippen molar-refractivity contribution in [2.45, 2.75) is 19.3 Å². The van der Waals surface area contributed by atoms with Crippen LogP contribution in [0.1, 0.15) is 19.3 Å². The summed E-state index contributed by atoms with van der Waals surface area (Å²) in [5.41, 5.74) is 0.657. The van der Waals surface area contributed by atoms with Gasteiger partial charge in [-0.05, 0) is 67.5 Å². The van der Waals surface area contributed by atoms with Crippen molar-refractivity contribution in [2.75, 3.05) is 4.90 Å². The van der Waals surface area contributed by atoms with Crippen LogP contribution in [0.3, 0.4) is 0 Å².